The summed E-state index contributed by atoms with van der Waals surface area (Å²) in [4.78, 5) is 24.5. The molecule has 2 aromatic carbocycles. The predicted octanol–water partition coefficient (Wildman–Crippen LogP) is 4.82. The van der Waals surface area contributed by atoms with Gasteiger partial charge in [0, 0.05) is 12.3 Å². The molecule has 0 aliphatic carbocycles. The van der Waals surface area contributed by atoms with E-state index in [0.717, 1.165) is 12.1 Å². The van der Waals surface area contributed by atoms with Crippen LogP contribution in [-0.4, -0.2) is 10.5 Å². The number of hydrogen-bond acceptors (Lipinski definition) is 2. The molecule has 0 saturated carbocycles. The first kappa shape index (κ1) is 19.7. The molecule has 1 heterocycles. The van der Waals surface area contributed by atoms with Gasteiger partial charge in [0.05, 0.1) is 28.4 Å². The highest BCUT2D eigenvalue weighted by molar-refractivity contribution is 6.33. The molecule has 0 saturated heterocycles. The van der Waals surface area contributed by atoms with Crippen LogP contribution in [0.1, 0.15) is 21.5 Å². The molecule has 0 spiro atoms. The maximum absolute atomic E-state index is 12.7. The number of anilines is 1. The SMILES string of the molecule is O=C(Nc1ccccc1Cl)c1ccc(=O)n(Cc2ccc(C(F)(F)F)cc2)c1. The highest BCUT2D eigenvalue weighted by Crippen LogP contribution is 2.29. The van der Waals surface area contributed by atoms with E-state index < -0.39 is 17.6 Å². The Morgan fingerprint density at radius 3 is 2.32 bits per heavy atom. The number of para-hydroxylation sites is 1. The van der Waals surface area contributed by atoms with Crippen LogP contribution >= 0.6 is 11.6 Å². The third-order valence-corrected chi connectivity index (χ3v) is 4.33. The summed E-state index contributed by atoms with van der Waals surface area (Å²) in [6, 6.07) is 13.8. The first-order valence-electron chi connectivity index (χ1n) is 8.16. The monoisotopic (exact) mass is 406 g/mol. The standard InChI is InChI=1S/C20H14ClF3N2O2/c21-16-3-1-2-4-17(16)25-19(28)14-7-10-18(27)26(12-14)11-13-5-8-15(9-6-13)20(22,23)24/h1-10,12H,11H2,(H,25,28). The van der Waals surface area contributed by atoms with Crippen molar-refractivity contribution in [3.8, 4) is 0 Å². The van der Waals surface area contributed by atoms with Gasteiger partial charge >= 0.3 is 6.18 Å². The predicted molar refractivity (Wildman–Crippen MR) is 101 cm³/mol. The molecular weight excluding hydrogens is 393 g/mol. The van der Waals surface area contributed by atoms with E-state index in [1.54, 1.807) is 24.3 Å². The summed E-state index contributed by atoms with van der Waals surface area (Å²) in [5.41, 5.74) is -0.00879. The van der Waals surface area contributed by atoms with Crippen LogP contribution in [-0.2, 0) is 12.7 Å². The first-order chi connectivity index (χ1) is 13.2. The Kier molecular flexibility index (Phi) is 5.56. The number of hydrogen-bond donors (Lipinski definition) is 1. The van der Waals surface area contributed by atoms with Gasteiger partial charge in [0.1, 0.15) is 0 Å². The van der Waals surface area contributed by atoms with Crippen molar-refractivity contribution in [1.82, 2.24) is 4.57 Å². The van der Waals surface area contributed by atoms with Crippen LogP contribution < -0.4 is 10.9 Å². The molecule has 8 heteroatoms. The van der Waals surface area contributed by atoms with Gasteiger partial charge in [-0.3, -0.25) is 9.59 Å². The summed E-state index contributed by atoms with van der Waals surface area (Å²) in [5.74, 6) is -0.464. The van der Waals surface area contributed by atoms with Crippen LogP contribution in [0.2, 0.25) is 5.02 Å². The second-order valence-corrected chi connectivity index (χ2v) is 6.42. The lowest BCUT2D eigenvalue weighted by atomic mass is 10.1. The van der Waals surface area contributed by atoms with Crippen LogP contribution in [0.25, 0.3) is 0 Å². The number of rotatable bonds is 4. The van der Waals surface area contributed by atoms with Crippen molar-refractivity contribution in [2.45, 2.75) is 12.7 Å². The lowest BCUT2D eigenvalue weighted by Crippen LogP contribution is -2.22. The number of carbonyl (C=O) groups is 1. The largest absolute Gasteiger partial charge is 0.416 e. The molecule has 1 aromatic heterocycles. The normalized spacial score (nSPS) is 11.3. The molecule has 28 heavy (non-hydrogen) atoms. The van der Waals surface area contributed by atoms with Gasteiger partial charge in [0.25, 0.3) is 11.5 Å². The molecule has 0 aliphatic rings. The van der Waals surface area contributed by atoms with Crippen molar-refractivity contribution in [2.24, 2.45) is 0 Å². The smallest absolute Gasteiger partial charge is 0.321 e. The fourth-order valence-corrected chi connectivity index (χ4v) is 2.73. The van der Waals surface area contributed by atoms with Gasteiger partial charge in [-0.2, -0.15) is 13.2 Å². The summed E-state index contributed by atoms with van der Waals surface area (Å²) in [7, 11) is 0. The lowest BCUT2D eigenvalue weighted by Gasteiger charge is -2.11. The molecule has 1 amide bonds. The molecule has 3 rings (SSSR count). The molecular formula is C20H14ClF3N2O2. The van der Waals surface area contributed by atoms with Gasteiger partial charge in [-0.15, -0.1) is 0 Å². The molecule has 0 fully saturated rings. The Morgan fingerprint density at radius 1 is 1.00 bits per heavy atom. The third kappa shape index (κ3) is 4.61. The van der Waals surface area contributed by atoms with E-state index in [9.17, 15) is 22.8 Å². The molecule has 0 unspecified atom stereocenters. The fraction of sp³-hybridized carbons (Fsp3) is 0.100. The van der Waals surface area contributed by atoms with E-state index in [2.05, 4.69) is 5.32 Å². The molecule has 1 N–H and O–H groups in total. The Labute approximate surface area is 163 Å². The van der Waals surface area contributed by atoms with Crippen LogP contribution in [0.15, 0.2) is 71.7 Å². The first-order valence-corrected chi connectivity index (χ1v) is 8.54. The van der Waals surface area contributed by atoms with E-state index in [4.69, 9.17) is 11.6 Å². The number of benzene rings is 2. The molecule has 0 bridgehead atoms. The Hall–Kier alpha value is -3.06. The fourth-order valence-electron chi connectivity index (χ4n) is 2.54. The van der Waals surface area contributed by atoms with Crippen molar-refractivity contribution < 1.29 is 18.0 Å². The van der Waals surface area contributed by atoms with Crippen LogP contribution in [0.3, 0.4) is 0 Å². The Morgan fingerprint density at radius 2 is 1.68 bits per heavy atom. The van der Waals surface area contributed by atoms with Gasteiger partial charge in [-0.25, -0.2) is 0 Å². The Balaban J connectivity index is 1.81. The quantitative estimate of drug-likeness (QED) is 0.675. The zero-order chi connectivity index (χ0) is 20.3. The van der Waals surface area contributed by atoms with Gasteiger partial charge in [-0.05, 0) is 35.9 Å². The van der Waals surface area contributed by atoms with Crippen LogP contribution in [0.4, 0.5) is 18.9 Å². The number of halogens is 4. The van der Waals surface area contributed by atoms with E-state index in [-0.39, 0.29) is 17.7 Å². The van der Waals surface area contributed by atoms with Crippen molar-refractivity contribution in [3.05, 3.63) is 98.9 Å². The average molecular weight is 407 g/mol. The van der Waals surface area contributed by atoms with Crippen molar-refractivity contribution in [2.75, 3.05) is 5.32 Å². The number of amides is 1. The zero-order valence-corrected chi connectivity index (χ0v) is 15.1. The van der Waals surface area contributed by atoms with Crippen LogP contribution in [0, 0.1) is 0 Å². The van der Waals surface area contributed by atoms with E-state index >= 15 is 0 Å². The molecule has 0 atom stereocenters. The highest BCUT2D eigenvalue weighted by Gasteiger charge is 2.29. The highest BCUT2D eigenvalue weighted by atomic mass is 35.5. The van der Waals surface area contributed by atoms with Crippen LogP contribution in [0.5, 0.6) is 0 Å². The Bertz CT molecular complexity index is 1060. The minimum atomic E-state index is -4.42. The van der Waals surface area contributed by atoms with Gasteiger partial charge < -0.3 is 9.88 Å². The summed E-state index contributed by atoms with van der Waals surface area (Å²) in [6.45, 7) is 0.0319. The summed E-state index contributed by atoms with van der Waals surface area (Å²) >= 11 is 6.01. The number of pyridine rings is 1. The van der Waals surface area contributed by atoms with E-state index in [1.807, 2.05) is 0 Å². The maximum atomic E-state index is 12.7. The van der Waals surface area contributed by atoms with Gasteiger partial charge in [0.2, 0.25) is 0 Å². The average Bonchev–Trinajstić information content (AvgIpc) is 2.65. The summed E-state index contributed by atoms with van der Waals surface area (Å²) in [5, 5.41) is 3.02. The van der Waals surface area contributed by atoms with Crippen molar-refractivity contribution in [1.29, 1.82) is 0 Å². The van der Waals surface area contributed by atoms with E-state index in [0.29, 0.717) is 16.3 Å². The second-order valence-electron chi connectivity index (χ2n) is 6.01. The second kappa shape index (κ2) is 7.90. The van der Waals surface area contributed by atoms with E-state index in [1.165, 1.54) is 35.0 Å². The topological polar surface area (TPSA) is 51.1 Å². The lowest BCUT2D eigenvalue weighted by molar-refractivity contribution is -0.137. The molecule has 144 valence electrons. The molecule has 0 aliphatic heterocycles. The number of carbonyl (C=O) groups excluding carboxylic acids is 1. The van der Waals surface area contributed by atoms with Gasteiger partial charge in [0.15, 0.2) is 0 Å². The van der Waals surface area contributed by atoms with Crippen molar-refractivity contribution >= 4 is 23.2 Å². The van der Waals surface area contributed by atoms with Gasteiger partial charge in [-0.1, -0.05) is 35.9 Å². The maximum Gasteiger partial charge on any atom is 0.416 e. The minimum absolute atomic E-state index is 0.0319. The minimum Gasteiger partial charge on any atom is -0.321 e. The third-order valence-electron chi connectivity index (χ3n) is 4.00. The molecule has 0 radical (unpaired) electrons. The molecule has 4 nitrogen and oxygen atoms in total. The number of alkyl halides is 3. The number of aromatic nitrogens is 1. The number of nitrogens with zero attached hydrogens (tertiary/aromatic N) is 1. The van der Waals surface area contributed by atoms with Crippen molar-refractivity contribution in [3.63, 3.8) is 0 Å². The molecule has 3 aromatic rings. The number of nitrogens with one attached hydrogen (secondary N) is 1. The summed E-state index contributed by atoms with van der Waals surface area (Å²) < 4.78 is 39.2. The zero-order valence-electron chi connectivity index (χ0n) is 14.3. The summed E-state index contributed by atoms with van der Waals surface area (Å²) in [6.07, 6.45) is -3.07.